The lowest BCUT2D eigenvalue weighted by molar-refractivity contribution is 0.353. The molecule has 0 aliphatic rings. The monoisotopic (exact) mass is 307 g/mol. The van der Waals surface area contributed by atoms with Gasteiger partial charge in [-0.1, -0.05) is 60.8 Å². The van der Waals surface area contributed by atoms with Crippen molar-refractivity contribution in [1.82, 2.24) is 5.32 Å². The van der Waals surface area contributed by atoms with Crippen molar-refractivity contribution in [3.63, 3.8) is 0 Å². The smallest absolute Gasteiger partial charge is 0.142 e. The Kier molecular flexibility index (Phi) is 6.87. The first kappa shape index (κ1) is 15.6. The molecule has 0 aliphatic heterocycles. The second kappa shape index (κ2) is 7.90. The second-order valence-corrected chi connectivity index (χ2v) is 5.22. The summed E-state index contributed by atoms with van der Waals surface area (Å²) < 4.78 is 5.60. The maximum absolute atomic E-state index is 6.12. The summed E-state index contributed by atoms with van der Waals surface area (Å²) in [6.07, 6.45) is 0. The average molecular weight is 309 g/mol. The highest BCUT2D eigenvalue weighted by Crippen LogP contribution is 2.29. The molecule has 100 valence electrons. The van der Waals surface area contributed by atoms with Gasteiger partial charge in [0, 0.05) is 23.7 Å². The molecule has 2 nitrogen and oxygen atoms in total. The van der Waals surface area contributed by atoms with Crippen molar-refractivity contribution in [2.45, 2.75) is 26.4 Å². The van der Waals surface area contributed by atoms with Gasteiger partial charge >= 0.3 is 0 Å². The molecule has 0 unspecified atom stereocenters. The minimum absolute atomic E-state index is 0.212. The van der Waals surface area contributed by atoms with E-state index in [-0.39, 0.29) is 6.61 Å². The second-order valence-electron chi connectivity index (χ2n) is 4.11. The molecule has 1 rings (SSSR count). The zero-order valence-electron chi connectivity index (χ0n) is 10.3. The molecular formula is C13H16Cl3NO. The Morgan fingerprint density at radius 1 is 1.44 bits per heavy atom. The number of hydrogen-bond donors (Lipinski definition) is 1. The van der Waals surface area contributed by atoms with Crippen LogP contribution in [-0.2, 0) is 6.54 Å². The number of rotatable bonds is 6. The normalized spacial score (nSPS) is 12.0. The molecule has 0 radical (unpaired) electrons. The molecule has 0 bridgehead atoms. The quantitative estimate of drug-likeness (QED) is 0.833. The number of halogens is 3. The van der Waals surface area contributed by atoms with Gasteiger partial charge in [-0.3, -0.25) is 0 Å². The Morgan fingerprint density at radius 3 is 2.78 bits per heavy atom. The van der Waals surface area contributed by atoms with Gasteiger partial charge in [0.2, 0.25) is 0 Å². The highest BCUT2D eigenvalue weighted by Gasteiger charge is 2.09. The van der Waals surface area contributed by atoms with Gasteiger partial charge in [0.1, 0.15) is 12.4 Å². The molecule has 0 fully saturated rings. The Morgan fingerprint density at radius 2 is 2.17 bits per heavy atom. The van der Waals surface area contributed by atoms with Crippen molar-refractivity contribution in [3.8, 4) is 5.75 Å². The molecule has 1 aromatic rings. The van der Waals surface area contributed by atoms with Crippen LogP contribution in [-0.4, -0.2) is 12.6 Å². The molecular weight excluding hydrogens is 293 g/mol. The van der Waals surface area contributed by atoms with Crippen molar-refractivity contribution in [3.05, 3.63) is 39.4 Å². The topological polar surface area (TPSA) is 21.3 Å². The fourth-order valence-corrected chi connectivity index (χ4v) is 1.71. The van der Waals surface area contributed by atoms with Crippen LogP contribution in [0.2, 0.25) is 5.02 Å². The first-order valence-electron chi connectivity index (χ1n) is 5.63. The predicted molar refractivity (Wildman–Crippen MR) is 78.7 cm³/mol. The third-order valence-corrected chi connectivity index (χ3v) is 3.11. The Labute approximate surface area is 123 Å². The van der Waals surface area contributed by atoms with E-state index in [1.165, 1.54) is 5.54 Å². The molecule has 0 spiro atoms. The lowest BCUT2D eigenvalue weighted by Gasteiger charge is -2.14. The van der Waals surface area contributed by atoms with Crippen LogP contribution in [0.3, 0.4) is 0 Å². The van der Waals surface area contributed by atoms with E-state index in [0.717, 1.165) is 5.56 Å². The third kappa shape index (κ3) is 5.07. The summed E-state index contributed by atoms with van der Waals surface area (Å²) in [6.45, 7) is 5.07. The van der Waals surface area contributed by atoms with Crippen LogP contribution in [0.4, 0.5) is 0 Å². The minimum Gasteiger partial charge on any atom is -0.486 e. The molecule has 0 saturated heterocycles. The zero-order chi connectivity index (χ0) is 13.5. The molecule has 5 heteroatoms. The Balaban J connectivity index is 2.80. The highest BCUT2D eigenvalue weighted by molar-refractivity contribution is 6.36. The van der Waals surface area contributed by atoms with Gasteiger partial charge in [-0.2, -0.15) is 0 Å². The Bertz CT molecular complexity index is 419. The summed E-state index contributed by atoms with van der Waals surface area (Å²) in [7, 11) is 0. The fraction of sp³-hybridized carbons (Fsp3) is 0.385. The highest BCUT2D eigenvalue weighted by atomic mass is 35.5. The van der Waals surface area contributed by atoms with E-state index in [9.17, 15) is 0 Å². The largest absolute Gasteiger partial charge is 0.486 e. The average Bonchev–Trinajstić information content (AvgIpc) is 2.34. The van der Waals surface area contributed by atoms with Gasteiger partial charge in [-0.05, 0) is 6.07 Å². The number of nitrogens with one attached hydrogen (secondary N) is 1. The van der Waals surface area contributed by atoms with Crippen LogP contribution in [0, 0.1) is 0 Å². The molecule has 0 amide bonds. The fourth-order valence-electron chi connectivity index (χ4n) is 1.34. The molecule has 0 atom stereocenters. The number of para-hydroxylation sites is 1. The van der Waals surface area contributed by atoms with Gasteiger partial charge in [0.05, 0.1) is 10.1 Å². The van der Waals surface area contributed by atoms with Crippen molar-refractivity contribution >= 4 is 34.8 Å². The molecule has 1 aromatic carbocycles. The maximum Gasteiger partial charge on any atom is 0.142 e. The lowest BCUT2D eigenvalue weighted by atomic mass is 10.2. The predicted octanol–water partition coefficient (Wildman–Crippen LogP) is 4.54. The van der Waals surface area contributed by atoms with E-state index >= 15 is 0 Å². The van der Waals surface area contributed by atoms with Gasteiger partial charge in [0.25, 0.3) is 0 Å². The van der Waals surface area contributed by atoms with Crippen LogP contribution in [0.15, 0.2) is 28.8 Å². The summed E-state index contributed by atoms with van der Waals surface area (Å²) in [5.41, 5.74) is 2.28. The molecule has 18 heavy (non-hydrogen) atoms. The zero-order valence-corrected chi connectivity index (χ0v) is 12.6. The number of ether oxygens (including phenoxy) is 1. The first-order valence-corrected chi connectivity index (χ1v) is 6.82. The van der Waals surface area contributed by atoms with Gasteiger partial charge < -0.3 is 10.1 Å². The molecule has 1 N–H and O–H groups in total. The summed E-state index contributed by atoms with van der Waals surface area (Å²) in [4.78, 5) is 0. The van der Waals surface area contributed by atoms with Gasteiger partial charge in [-0.15, -0.1) is 0 Å². The van der Waals surface area contributed by atoms with Crippen LogP contribution >= 0.6 is 34.8 Å². The Hall–Kier alpha value is -0.410. The van der Waals surface area contributed by atoms with E-state index < -0.39 is 0 Å². The number of hydrogen-bond acceptors (Lipinski definition) is 2. The third-order valence-electron chi connectivity index (χ3n) is 2.22. The van der Waals surface area contributed by atoms with Crippen LogP contribution in [0.5, 0.6) is 5.75 Å². The standard InChI is InChI=1S/C13H16Cl3NO/c1-9(2)17-7-10-4-3-5-12(16)13(10)18-8-11(15)6-14/h3-6,9,17H,7-8H2,1-2H3/b11-6-. The minimum atomic E-state index is 0.212. The lowest BCUT2D eigenvalue weighted by Crippen LogP contribution is -2.22. The van der Waals surface area contributed by atoms with E-state index in [1.807, 2.05) is 12.1 Å². The summed E-state index contributed by atoms with van der Waals surface area (Å²) in [6, 6.07) is 6.04. The van der Waals surface area contributed by atoms with E-state index in [4.69, 9.17) is 39.5 Å². The van der Waals surface area contributed by atoms with E-state index in [0.29, 0.717) is 28.4 Å². The molecule has 0 heterocycles. The maximum atomic E-state index is 6.12. The van der Waals surface area contributed by atoms with Crippen molar-refractivity contribution < 1.29 is 4.74 Å². The van der Waals surface area contributed by atoms with Crippen molar-refractivity contribution in [2.75, 3.05) is 6.61 Å². The van der Waals surface area contributed by atoms with E-state index in [2.05, 4.69) is 19.2 Å². The summed E-state index contributed by atoms with van der Waals surface area (Å²) in [5, 5.41) is 4.32. The molecule has 0 saturated carbocycles. The SMILES string of the molecule is CC(C)NCc1cccc(Cl)c1OC/C(Cl)=C/Cl. The van der Waals surface area contributed by atoms with Gasteiger partial charge in [-0.25, -0.2) is 0 Å². The summed E-state index contributed by atoms with van der Waals surface area (Å²) >= 11 is 17.4. The molecule has 0 aromatic heterocycles. The van der Waals surface area contributed by atoms with Crippen molar-refractivity contribution in [2.24, 2.45) is 0 Å². The summed E-state index contributed by atoms with van der Waals surface area (Å²) in [5.74, 6) is 0.643. The van der Waals surface area contributed by atoms with Gasteiger partial charge in [0.15, 0.2) is 0 Å². The van der Waals surface area contributed by atoms with Crippen LogP contribution < -0.4 is 10.1 Å². The number of benzene rings is 1. The molecule has 0 aliphatic carbocycles. The van der Waals surface area contributed by atoms with Crippen LogP contribution in [0.25, 0.3) is 0 Å². The first-order chi connectivity index (χ1) is 8.54. The van der Waals surface area contributed by atoms with E-state index in [1.54, 1.807) is 6.07 Å². The van der Waals surface area contributed by atoms with Crippen molar-refractivity contribution in [1.29, 1.82) is 0 Å². The van der Waals surface area contributed by atoms with Crippen LogP contribution in [0.1, 0.15) is 19.4 Å².